The number of ether oxygens (including phenoxy) is 1. The molecule has 0 bridgehead atoms. The van der Waals surface area contributed by atoms with Crippen LogP contribution >= 0.6 is 0 Å². The van der Waals surface area contributed by atoms with Crippen molar-refractivity contribution in [2.45, 2.75) is 30.9 Å². The molecule has 9 heteroatoms. The molecule has 1 saturated heterocycles. The fourth-order valence-corrected chi connectivity index (χ4v) is 2.11. The zero-order valence-electron chi connectivity index (χ0n) is 12.8. The quantitative estimate of drug-likeness (QED) is 0.452. The number of nitrogens with one attached hydrogen (secondary N) is 1. The second kappa shape index (κ2) is 5.42. The predicted molar refractivity (Wildman–Crippen MR) is 68.7 cm³/mol. The number of nitrogens with two attached hydrogens (primary N) is 1. The van der Waals surface area contributed by atoms with Crippen molar-refractivity contribution >= 4 is 0 Å². The Balaban J connectivity index is 2.64. The fourth-order valence-electron chi connectivity index (χ4n) is 2.11. The summed E-state index contributed by atoms with van der Waals surface area (Å²) >= 11 is 0. The second-order valence-electron chi connectivity index (χ2n) is 4.43. The van der Waals surface area contributed by atoms with Crippen LogP contribution in [0.3, 0.4) is 0 Å². The maximum atomic E-state index is 13.5. The van der Waals surface area contributed by atoms with E-state index in [1.54, 1.807) is 4.98 Å². The highest BCUT2D eigenvalue weighted by molar-refractivity contribution is 5.25. The molecule has 4 atom stereocenters. The number of aromatic nitrogens is 2. The molecule has 0 radical (unpaired) electrons. The van der Waals surface area contributed by atoms with Gasteiger partial charge in [0.15, 0.2) is 11.8 Å². The average Bonchev–Trinajstić information content (AvgIpc) is 2.67. The second-order valence-corrected chi connectivity index (χ2v) is 4.43. The van der Waals surface area contributed by atoms with Gasteiger partial charge in [-0.25, -0.2) is 4.79 Å². The van der Waals surface area contributed by atoms with E-state index in [9.17, 15) is 24.2 Å². The van der Waals surface area contributed by atoms with E-state index in [4.69, 9.17) is 13.2 Å². The van der Waals surface area contributed by atoms with Crippen LogP contribution in [0.25, 0.3) is 0 Å². The Hall–Kier alpha value is -1.99. The lowest BCUT2D eigenvalue weighted by atomic mass is 9.91. The maximum Gasteiger partial charge on any atom is 0.330 e. The van der Waals surface area contributed by atoms with Crippen LogP contribution in [0.5, 0.6) is 0 Å². The summed E-state index contributed by atoms with van der Waals surface area (Å²) in [6.07, 6.45) is -4.81. The van der Waals surface area contributed by atoms with E-state index in [0.717, 1.165) is 0 Å². The molecule has 2 heterocycles. The molecule has 0 saturated carbocycles. The summed E-state index contributed by atoms with van der Waals surface area (Å²) in [5, 5.41) is 19.6. The van der Waals surface area contributed by atoms with Gasteiger partial charge in [0.25, 0.3) is 5.56 Å². The van der Waals surface area contributed by atoms with Crippen molar-refractivity contribution in [2.24, 2.45) is 5.73 Å². The van der Waals surface area contributed by atoms with Crippen LogP contribution in [0.15, 0.2) is 15.8 Å². The summed E-state index contributed by atoms with van der Waals surface area (Å²) in [5.74, 6) is 3.47. The molecule has 1 unspecified atom stereocenters. The summed E-state index contributed by atoms with van der Waals surface area (Å²) in [4.78, 5) is 24.6. The standard InChI is InChI=1S/C12H14FN3O5/c1-2-3-12(14)8(18)7(5-17)21-10(12)16-4-6(13)9(19)15-11(16)20/h4,7-8,10,17-18H,5,14H2,1H3,(H,15,19,20)/t7-,8+,10-,12?/m1/s1/i5D2. The van der Waals surface area contributed by atoms with Crippen molar-refractivity contribution in [3.05, 3.63) is 32.9 Å². The summed E-state index contributed by atoms with van der Waals surface area (Å²) < 4.78 is 33.7. The number of aliphatic hydroxyl groups excluding tert-OH is 1. The summed E-state index contributed by atoms with van der Waals surface area (Å²) in [7, 11) is 0. The first-order valence-corrected chi connectivity index (χ1v) is 5.82. The highest BCUT2D eigenvalue weighted by Gasteiger charge is 2.54. The Bertz CT molecular complexity index is 793. The van der Waals surface area contributed by atoms with E-state index in [-0.39, 0.29) is 0 Å². The van der Waals surface area contributed by atoms with Gasteiger partial charge in [-0.05, 0) is 6.92 Å². The van der Waals surface area contributed by atoms with Gasteiger partial charge in [-0.1, -0.05) is 5.92 Å². The number of halogens is 1. The number of hydrogen-bond donors (Lipinski definition) is 4. The number of aromatic amines is 1. The Morgan fingerprint density at radius 2 is 2.38 bits per heavy atom. The summed E-state index contributed by atoms with van der Waals surface area (Å²) in [6, 6.07) is 0. The average molecular weight is 301 g/mol. The number of rotatable bonds is 2. The van der Waals surface area contributed by atoms with Crippen LogP contribution < -0.4 is 17.0 Å². The van der Waals surface area contributed by atoms with Crippen LogP contribution in [-0.2, 0) is 4.74 Å². The molecule has 1 fully saturated rings. The van der Waals surface area contributed by atoms with Crippen molar-refractivity contribution in [1.29, 1.82) is 0 Å². The molecule has 0 aromatic carbocycles. The number of H-pyrrole nitrogens is 1. The zero-order chi connectivity index (χ0) is 17.6. The number of aliphatic hydroxyl groups is 2. The molecule has 21 heavy (non-hydrogen) atoms. The van der Waals surface area contributed by atoms with E-state index >= 15 is 0 Å². The van der Waals surface area contributed by atoms with Crippen molar-refractivity contribution in [2.75, 3.05) is 6.56 Å². The van der Waals surface area contributed by atoms with Crippen LogP contribution in [0, 0.1) is 17.7 Å². The lowest BCUT2D eigenvalue weighted by molar-refractivity contribution is -0.0480. The third-order valence-corrected chi connectivity index (χ3v) is 3.11. The third-order valence-electron chi connectivity index (χ3n) is 3.11. The minimum atomic E-state index is -3.00. The van der Waals surface area contributed by atoms with Gasteiger partial charge in [0.1, 0.15) is 12.2 Å². The van der Waals surface area contributed by atoms with E-state index in [0.29, 0.717) is 10.8 Å². The molecule has 0 spiro atoms. The van der Waals surface area contributed by atoms with Crippen molar-refractivity contribution in [3.63, 3.8) is 0 Å². The van der Waals surface area contributed by atoms with E-state index < -0.39 is 47.6 Å². The summed E-state index contributed by atoms with van der Waals surface area (Å²) in [6.45, 7) is -1.63. The minimum Gasteiger partial charge on any atom is -0.394 e. The molecule has 0 aliphatic carbocycles. The molecule has 1 aromatic rings. The minimum absolute atomic E-state index is 0.507. The van der Waals surface area contributed by atoms with Crippen molar-refractivity contribution in [1.82, 2.24) is 9.55 Å². The molecule has 2 rings (SSSR count). The molecule has 1 aromatic heterocycles. The van der Waals surface area contributed by atoms with Crippen molar-refractivity contribution in [3.8, 4) is 11.8 Å². The first-order chi connectivity index (χ1) is 10.5. The Morgan fingerprint density at radius 1 is 1.71 bits per heavy atom. The Kier molecular flexibility index (Phi) is 3.28. The molecule has 1 aliphatic heterocycles. The first kappa shape index (κ1) is 12.7. The molecular formula is C12H14FN3O5. The highest BCUT2D eigenvalue weighted by atomic mass is 19.1. The van der Waals surface area contributed by atoms with Gasteiger partial charge in [-0.3, -0.25) is 14.3 Å². The lowest BCUT2D eigenvalue weighted by Crippen LogP contribution is -2.55. The van der Waals surface area contributed by atoms with Crippen LogP contribution in [0.2, 0.25) is 0 Å². The largest absolute Gasteiger partial charge is 0.394 e. The predicted octanol–water partition coefficient (Wildman–Crippen LogP) is -2.35. The highest BCUT2D eigenvalue weighted by Crippen LogP contribution is 2.35. The van der Waals surface area contributed by atoms with Gasteiger partial charge >= 0.3 is 5.69 Å². The van der Waals surface area contributed by atoms with Gasteiger partial charge < -0.3 is 20.7 Å². The van der Waals surface area contributed by atoms with Gasteiger partial charge in [0.2, 0.25) is 5.82 Å². The van der Waals surface area contributed by atoms with Gasteiger partial charge in [0.05, 0.1) is 15.5 Å². The molecule has 5 N–H and O–H groups in total. The topological polar surface area (TPSA) is 131 Å². The molecule has 0 amide bonds. The van der Waals surface area contributed by atoms with Gasteiger partial charge in [-0.2, -0.15) is 4.39 Å². The van der Waals surface area contributed by atoms with Gasteiger partial charge in [0, 0.05) is 0 Å². The normalized spacial score (nSPS) is 33.9. The smallest absolute Gasteiger partial charge is 0.330 e. The summed E-state index contributed by atoms with van der Waals surface area (Å²) in [5.41, 5.74) is 1.55. The Morgan fingerprint density at radius 3 is 2.95 bits per heavy atom. The van der Waals surface area contributed by atoms with E-state index in [1.807, 2.05) is 0 Å². The maximum absolute atomic E-state index is 13.5. The lowest BCUT2D eigenvalue weighted by Gasteiger charge is -2.27. The zero-order valence-corrected chi connectivity index (χ0v) is 10.8. The number of hydrogen-bond acceptors (Lipinski definition) is 6. The molecule has 8 nitrogen and oxygen atoms in total. The van der Waals surface area contributed by atoms with E-state index in [2.05, 4.69) is 11.8 Å². The Labute approximate surface area is 120 Å². The van der Waals surface area contributed by atoms with E-state index in [1.165, 1.54) is 6.92 Å². The van der Waals surface area contributed by atoms with Crippen molar-refractivity contribution < 1.29 is 22.1 Å². The molecule has 114 valence electrons. The number of nitrogens with zero attached hydrogens (tertiary/aromatic N) is 1. The SMILES string of the molecule is [2H]C([2H])(O)[C@H]1O[C@@H](n2cc(F)c(=O)[nH]c2=O)C(N)(C#CC)[C@H]1O. The molecule has 1 aliphatic rings. The monoisotopic (exact) mass is 301 g/mol. The fraction of sp³-hybridized carbons (Fsp3) is 0.500. The third kappa shape index (κ3) is 2.38. The first-order valence-electron chi connectivity index (χ1n) is 6.82. The van der Waals surface area contributed by atoms with Gasteiger partial charge in [-0.15, -0.1) is 5.92 Å². The van der Waals surface area contributed by atoms with Crippen LogP contribution in [0.4, 0.5) is 4.39 Å². The van der Waals surface area contributed by atoms with Crippen LogP contribution in [0.1, 0.15) is 15.9 Å². The molecular weight excluding hydrogens is 285 g/mol. The van der Waals surface area contributed by atoms with Crippen LogP contribution in [-0.4, -0.2) is 44.1 Å².